The van der Waals surface area contributed by atoms with Gasteiger partial charge in [-0.1, -0.05) is 41.4 Å². The van der Waals surface area contributed by atoms with Gasteiger partial charge in [0.05, 0.1) is 15.6 Å². The number of hydrogen-bond acceptors (Lipinski definition) is 3. The molecule has 120 valence electrons. The maximum absolute atomic E-state index is 12.2. The second-order valence-corrected chi connectivity index (χ2v) is 5.82. The molecule has 0 aliphatic heterocycles. The van der Waals surface area contributed by atoms with Crippen molar-refractivity contribution in [2.24, 2.45) is 0 Å². The van der Waals surface area contributed by atoms with E-state index in [0.717, 1.165) is 5.69 Å². The van der Waals surface area contributed by atoms with E-state index in [1.54, 1.807) is 30.3 Å². The third-order valence-electron chi connectivity index (χ3n) is 3.25. The number of carbonyl (C=O) groups excluding carboxylic acids is 1. The molecular formula is C18H13Cl2N3O. The lowest BCUT2D eigenvalue weighted by Crippen LogP contribution is -2.12. The predicted octanol–water partition coefficient (Wildman–Crippen LogP) is 5.38. The minimum atomic E-state index is -0.271. The summed E-state index contributed by atoms with van der Waals surface area (Å²) < 4.78 is 0. The van der Waals surface area contributed by atoms with Crippen LogP contribution in [0.25, 0.3) is 0 Å². The van der Waals surface area contributed by atoms with Crippen LogP contribution in [0.5, 0.6) is 0 Å². The van der Waals surface area contributed by atoms with E-state index in [1.165, 1.54) is 6.20 Å². The van der Waals surface area contributed by atoms with Crippen LogP contribution in [0.4, 0.5) is 17.2 Å². The molecule has 0 spiro atoms. The highest BCUT2D eigenvalue weighted by molar-refractivity contribution is 6.42. The fraction of sp³-hybridized carbons (Fsp3) is 0. The first-order chi connectivity index (χ1) is 11.6. The van der Waals surface area contributed by atoms with Crippen LogP contribution in [0.1, 0.15) is 10.4 Å². The lowest BCUT2D eigenvalue weighted by molar-refractivity contribution is 0.102. The van der Waals surface area contributed by atoms with Crippen molar-refractivity contribution in [1.29, 1.82) is 0 Å². The molecule has 24 heavy (non-hydrogen) atoms. The average Bonchev–Trinajstić information content (AvgIpc) is 2.60. The number of nitrogens with one attached hydrogen (secondary N) is 2. The molecule has 0 fully saturated rings. The molecule has 4 nitrogen and oxygen atoms in total. The Balaban J connectivity index is 1.68. The molecular weight excluding hydrogens is 345 g/mol. The van der Waals surface area contributed by atoms with Crippen LogP contribution in [0.2, 0.25) is 10.0 Å². The summed E-state index contributed by atoms with van der Waals surface area (Å²) in [5.74, 6) is 0.388. The molecule has 0 unspecified atom stereocenters. The van der Waals surface area contributed by atoms with E-state index in [2.05, 4.69) is 15.6 Å². The number of halogens is 2. The van der Waals surface area contributed by atoms with Crippen LogP contribution in [-0.4, -0.2) is 10.9 Å². The van der Waals surface area contributed by atoms with Gasteiger partial charge in [0.2, 0.25) is 0 Å². The zero-order valence-corrected chi connectivity index (χ0v) is 14.0. The number of amides is 1. The summed E-state index contributed by atoms with van der Waals surface area (Å²) >= 11 is 11.8. The topological polar surface area (TPSA) is 54.0 Å². The lowest BCUT2D eigenvalue weighted by atomic mass is 10.2. The van der Waals surface area contributed by atoms with Gasteiger partial charge in [0.15, 0.2) is 0 Å². The van der Waals surface area contributed by atoms with Crippen LogP contribution < -0.4 is 10.6 Å². The summed E-state index contributed by atoms with van der Waals surface area (Å²) in [6.45, 7) is 0. The highest BCUT2D eigenvalue weighted by atomic mass is 35.5. The third kappa shape index (κ3) is 4.04. The average molecular weight is 358 g/mol. The summed E-state index contributed by atoms with van der Waals surface area (Å²) in [5.41, 5.74) is 1.94. The van der Waals surface area contributed by atoms with Gasteiger partial charge < -0.3 is 10.6 Å². The molecule has 0 aliphatic carbocycles. The molecule has 0 aliphatic rings. The number of benzene rings is 2. The first-order valence-electron chi connectivity index (χ1n) is 7.16. The Hall–Kier alpha value is -2.56. The van der Waals surface area contributed by atoms with Crippen molar-refractivity contribution in [3.63, 3.8) is 0 Å². The van der Waals surface area contributed by atoms with Gasteiger partial charge in [-0.2, -0.15) is 0 Å². The largest absolute Gasteiger partial charge is 0.340 e. The Morgan fingerprint density at radius 2 is 1.67 bits per heavy atom. The van der Waals surface area contributed by atoms with Gasteiger partial charge >= 0.3 is 0 Å². The van der Waals surface area contributed by atoms with E-state index in [-0.39, 0.29) is 5.91 Å². The van der Waals surface area contributed by atoms with Crippen molar-refractivity contribution in [1.82, 2.24) is 4.98 Å². The van der Waals surface area contributed by atoms with Gasteiger partial charge in [-0.3, -0.25) is 4.79 Å². The highest BCUT2D eigenvalue weighted by Crippen LogP contribution is 2.25. The van der Waals surface area contributed by atoms with Crippen LogP contribution in [0.15, 0.2) is 66.9 Å². The zero-order valence-electron chi connectivity index (χ0n) is 12.5. The second kappa shape index (κ2) is 7.34. The Labute approximate surface area is 149 Å². The summed E-state index contributed by atoms with van der Waals surface area (Å²) in [6, 6.07) is 18.0. The molecule has 1 amide bonds. The van der Waals surface area contributed by atoms with Gasteiger partial charge in [0.25, 0.3) is 5.91 Å². The van der Waals surface area contributed by atoms with Gasteiger partial charge in [-0.25, -0.2) is 4.98 Å². The van der Waals surface area contributed by atoms with E-state index in [0.29, 0.717) is 27.1 Å². The lowest BCUT2D eigenvalue weighted by Gasteiger charge is -2.08. The number of aromatic nitrogens is 1. The SMILES string of the molecule is O=C(Nc1ccc(Cl)c(Cl)c1)c1ccc(Nc2ccccc2)nc1. The monoisotopic (exact) mass is 357 g/mol. The number of pyridine rings is 1. The van der Waals surface area contributed by atoms with Crippen LogP contribution in [0, 0.1) is 0 Å². The van der Waals surface area contributed by atoms with Gasteiger partial charge in [0.1, 0.15) is 5.82 Å². The molecule has 0 radical (unpaired) electrons. The van der Waals surface area contributed by atoms with Crippen LogP contribution in [0.3, 0.4) is 0 Å². The highest BCUT2D eigenvalue weighted by Gasteiger charge is 2.08. The normalized spacial score (nSPS) is 10.2. The van der Waals surface area contributed by atoms with Crippen molar-refractivity contribution in [3.8, 4) is 0 Å². The summed E-state index contributed by atoms with van der Waals surface area (Å²) in [5, 5.41) is 6.73. The molecule has 0 saturated carbocycles. The Morgan fingerprint density at radius 3 is 2.33 bits per heavy atom. The number of anilines is 3. The molecule has 0 atom stereocenters. The van der Waals surface area contributed by atoms with E-state index in [9.17, 15) is 4.79 Å². The van der Waals surface area contributed by atoms with E-state index in [4.69, 9.17) is 23.2 Å². The van der Waals surface area contributed by atoms with Crippen LogP contribution in [-0.2, 0) is 0 Å². The minimum Gasteiger partial charge on any atom is -0.340 e. The number of hydrogen-bond donors (Lipinski definition) is 2. The number of nitrogens with zero attached hydrogens (tertiary/aromatic N) is 1. The first-order valence-corrected chi connectivity index (χ1v) is 7.92. The Kier molecular flexibility index (Phi) is 4.99. The van der Waals surface area contributed by atoms with Crippen molar-refractivity contribution in [3.05, 3.63) is 82.5 Å². The number of rotatable bonds is 4. The van der Waals surface area contributed by atoms with E-state index in [1.807, 2.05) is 30.3 Å². The minimum absolute atomic E-state index is 0.271. The number of para-hydroxylation sites is 1. The molecule has 2 N–H and O–H groups in total. The molecule has 3 rings (SSSR count). The molecule has 1 heterocycles. The molecule has 0 saturated heterocycles. The standard InChI is InChI=1S/C18H13Cl2N3O/c19-15-8-7-14(10-16(15)20)23-18(24)12-6-9-17(21-11-12)22-13-4-2-1-3-5-13/h1-11H,(H,21,22)(H,23,24). The summed E-state index contributed by atoms with van der Waals surface area (Å²) in [7, 11) is 0. The quantitative estimate of drug-likeness (QED) is 0.658. The van der Waals surface area contributed by atoms with Crippen LogP contribution >= 0.6 is 23.2 Å². The summed E-state index contributed by atoms with van der Waals surface area (Å²) in [4.78, 5) is 16.5. The van der Waals surface area contributed by atoms with E-state index >= 15 is 0 Å². The fourth-order valence-electron chi connectivity index (χ4n) is 2.05. The van der Waals surface area contributed by atoms with Crippen molar-refractivity contribution >= 4 is 46.3 Å². The second-order valence-electron chi connectivity index (χ2n) is 5.01. The first kappa shape index (κ1) is 16.3. The Bertz CT molecular complexity index is 852. The molecule has 3 aromatic rings. The molecule has 1 aromatic heterocycles. The molecule has 2 aromatic carbocycles. The smallest absolute Gasteiger partial charge is 0.257 e. The zero-order chi connectivity index (χ0) is 16.9. The van der Waals surface area contributed by atoms with Crippen molar-refractivity contribution in [2.45, 2.75) is 0 Å². The number of carbonyl (C=O) groups is 1. The van der Waals surface area contributed by atoms with Gasteiger partial charge in [-0.15, -0.1) is 0 Å². The van der Waals surface area contributed by atoms with Crippen molar-refractivity contribution < 1.29 is 4.79 Å². The van der Waals surface area contributed by atoms with Crippen molar-refractivity contribution in [2.75, 3.05) is 10.6 Å². The van der Waals surface area contributed by atoms with Gasteiger partial charge in [0, 0.05) is 17.6 Å². The molecule has 0 bridgehead atoms. The maximum Gasteiger partial charge on any atom is 0.257 e. The van der Waals surface area contributed by atoms with Gasteiger partial charge in [-0.05, 0) is 42.5 Å². The third-order valence-corrected chi connectivity index (χ3v) is 3.99. The van der Waals surface area contributed by atoms with E-state index < -0.39 is 0 Å². The molecule has 6 heteroatoms. The summed E-state index contributed by atoms with van der Waals surface area (Å²) in [6.07, 6.45) is 1.51. The predicted molar refractivity (Wildman–Crippen MR) is 98.4 cm³/mol. The fourth-order valence-corrected chi connectivity index (χ4v) is 2.35. The Morgan fingerprint density at radius 1 is 0.875 bits per heavy atom. The maximum atomic E-state index is 12.2.